The predicted octanol–water partition coefficient (Wildman–Crippen LogP) is 4.95. The van der Waals surface area contributed by atoms with Gasteiger partial charge in [0, 0.05) is 12.4 Å². The number of fused-ring (bicyclic) bond motifs is 2. The van der Waals surface area contributed by atoms with Gasteiger partial charge in [-0.1, -0.05) is 17.7 Å². The number of carbonyl (C=O) groups is 1. The monoisotopic (exact) mass is 528 g/mol. The van der Waals surface area contributed by atoms with E-state index in [0.717, 1.165) is 22.4 Å². The Morgan fingerprint density at radius 1 is 1.05 bits per heavy atom. The third-order valence-electron chi connectivity index (χ3n) is 7.63. The van der Waals surface area contributed by atoms with Crippen LogP contribution in [-0.2, 0) is 16.3 Å². The van der Waals surface area contributed by atoms with Crippen LogP contribution in [0.4, 0.5) is 4.39 Å². The van der Waals surface area contributed by atoms with E-state index in [-0.39, 0.29) is 23.0 Å². The first kappa shape index (κ1) is 24.4. The molecule has 9 heteroatoms. The molecule has 0 saturated heterocycles. The minimum atomic E-state index is -3.76. The van der Waals surface area contributed by atoms with E-state index in [1.165, 1.54) is 24.4 Å². The van der Waals surface area contributed by atoms with Gasteiger partial charge in [0.1, 0.15) is 11.5 Å². The number of sulfone groups is 1. The van der Waals surface area contributed by atoms with Gasteiger partial charge in [0.15, 0.2) is 20.6 Å². The van der Waals surface area contributed by atoms with Crippen molar-refractivity contribution in [3.63, 3.8) is 0 Å². The lowest BCUT2D eigenvalue weighted by molar-refractivity contribution is 0.0796. The Morgan fingerprint density at radius 3 is 2.58 bits per heavy atom. The summed E-state index contributed by atoms with van der Waals surface area (Å²) in [7, 11) is -3.76. The number of Topliss-reactive ketones (excluding diaryl/α,β-unsaturated/α-hetero) is 1. The highest BCUT2D eigenvalue weighted by Crippen LogP contribution is 2.51. The van der Waals surface area contributed by atoms with E-state index in [4.69, 9.17) is 0 Å². The summed E-state index contributed by atoms with van der Waals surface area (Å²) in [5.74, 6) is -0.527. The lowest BCUT2D eigenvalue weighted by atomic mass is 9.61. The number of rotatable bonds is 5. The molecule has 0 unspecified atom stereocenters. The number of ketones is 1. The molecule has 38 heavy (non-hydrogen) atoms. The first-order valence-electron chi connectivity index (χ1n) is 12.4. The summed E-state index contributed by atoms with van der Waals surface area (Å²) < 4.78 is 42.5. The number of aryl methyl sites for hydroxylation is 1. The van der Waals surface area contributed by atoms with E-state index < -0.39 is 20.5 Å². The molecule has 1 aromatic carbocycles. The topological polar surface area (TPSA) is 94.8 Å². The van der Waals surface area contributed by atoms with Gasteiger partial charge in [0.05, 0.1) is 28.2 Å². The molecule has 2 aliphatic rings. The van der Waals surface area contributed by atoms with Crippen molar-refractivity contribution in [1.29, 1.82) is 0 Å². The molecule has 7 nitrogen and oxygen atoms in total. The molecule has 0 amide bonds. The fraction of sp³-hybridized carbons (Fsp3) is 0.241. The summed E-state index contributed by atoms with van der Waals surface area (Å²) in [5, 5.41) is 3.80. The standard InChI is InChI=1S/C29H25FN4O3S/c1-19-5-12-25(32-17-19)28(35)29-15-20-18-33-34(23-9-7-22(30)8-10-23)26(20)14-21(29)6-11-24(16-29)38(36,37)27-4-2-3-13-31-27/h2-5,7-10,12-14,17-18,24H,6,11,15-16H2,1H3/t24-,29-/m0/s1. The number of benzene rings is 1. The zero-order valence-corrected chi connectivity index (χ0v) is 21.5. The maximum Gasteiger partial charge on any atom is 0.198 e. The summed E-state index contributed by atoms with van der Waals surface area (Å²) in [6, 6.07) is 14.4. The van der Waals surface area contributed by atoms with Crippen molar-refractivity contribution in [3.8, 4) is 5.69 Å². The summed E-state index contributed by atoms with van der Waals surface area (Å²) in [5.41, 5.74) is 3.39. The molecule has 0 spiro atoms. The Hall–Kier alpha value is -3.98. The van der Waals surface area contributed by atoms with Crippen molar-refractivity contribution in [2.45, 2.75) is 42.9 Å². The van der Waals surface area contributed by atoms with Crippen molar-refractivity contribution >= 4 is 21.7 Å². The van der Waals surface area contributed by atoms with Gasteiger partial charge < -0.3 is 0 Å². The largest absolute Gasteiger partial charge is 0.291 e. The number of nitrogens with zero attached hydrogens (tertiary/aromatic N) is 4. The average Bonchev–Trinajstić information content (AvgIpc) is 3.34. The summed E-state index contributed by atoms with van der Waals surface area (Å²) in [6.45, 7) is 1.90. The van der Waals surface area contributed by atoms with Crippen molar-refractivity contribution < 1.29 is 17.6 Å². The molecule has 2 aliphatic carbocycles. The number of carbonyl (C=O) groups excluding carboxylic acids is 1. The lowest BCUT2D eigenvalue weighted by Crippen LogP contribution is -2.46. The van der Waals surface area contributed by atoms with Crippen LogP contribution in [0.3, 0.4) is 0 Å². The number of aromatic nitrogens is 4. The van der Waals surface area contributed by atoms with E-state index in [2.05, 4.69) is 15.1 Å². The number of hydrogen-bond acceptors (Lipinski definition) is 6. The van der Waals surface area contributed by atoms with E-state index >= 15 is 0 Å². The first-order chi connectivity index (χ1) is 18.3. The van der Waals surface area contributed by atoms with Crippen LogP contribution in [0.15, 0.2) is 83.8 Å². The van der Waals surface area contributed by atoms with E-state index in [1.54, 1.807) is 47.4 Å². The molecule has 3 aromatic heterocycles. The molecule has 0 bridgehead atoms. The van der Waals surface area contributed by atoms with Crippen LogP contribution < -0.4 is 0 Å². The second-order valence-electron chi connectivity index (χ2n) is 10.00. The average molecular weight is 529 g/mol. The highest BCUT2D eigenvalue weighted by Gasteiger charge is 2.52. The van der Waals surface area contributed by atoms with E-state index in [0.29, 0.717) is 30.6 Å². The molecule has 4 aromatic rings. The Kier molecular flexibility index (Phi) is 5.83. The fourth-order valence-corrected chi connectivity index (χ4v) is 7.40. The Morgan fingerprint density at radius 2 is 1.87 bits per heavy atom. The van der Waals surface area contributed by atoms with Crippen LogP contribution >= 0.6 is 0 Å². The zero-order valence-electron chi connectivity index (χ0n) is 20.7. The van der Waals surface area contributed by atoms with Crippen LogP contribution in [0.5, 0.6) is 0 Å². The molecule has 3 heterocycles. The van der Waals surface area contributed by atoms with Crippen molar-refractivity contribution in [3.05, 3.63) is 107 Å². The normalized spacial score (nSPS) is 20.8. The van der Waals surface area contributed by atoms with Crippen LogP contribution in [0.1, 0.15) is 46.6 Å². The molecule has 192 valence electrons. The van der Waals surface area contributed by atoms with E-state index in [9.17, 15) is 17.6 Å². The third kappa shape index (κ3) is 3.98. The second-order valence-corrected chi connectivity index (χ2v) is 12.2. The van der Waals surface area contributed by atoms with Crippen LogP contribution in [-0.4, -0.2) is 39.2 Å². The number of allylic oxidation sites excluding steroid dienone is 1. The molecule has 0 N–H and O–H groups in total. The Labute approximate surface area is 220 Å². The molecule has 1 saturated carbocycles. The van der Waals surface area contributed by atoms with Crippen molar-refractivity contribution in [2.24, 2.45) is 5.41 Å². The van der Waals surface area contributed by atoms with Crippen molar-refractivity contribution in [2.75, 3.05) is 0 Å². The molecule has 0 aliphatic heterocycles. The van der Waals surface area contributed by atoms with Crippen LogP contribution in [0.2, 0.25) is 0 Å². The van der Waals surface area contributed by atoms with Gasteiger partial charge in [-0.05, 0) is 92.3 Å². The third-order valence-corrected chi connectivity index (χ3v) is 9.74. The predicted molar refractivity (Wildman–Crippen MR) is 140 cm³/mol. The zero-order chi connectivity index (χ0) is 26.5. The van der Waals surface area contributed by atoms with Gasteiger partial charge in [-0.25, -0.2) is 22.5 Å². The summed E-state index contributed by atoms with van der Waals surface area (Å²) in [4.78, 5) is 22.7. The minimum Gasteiger partial charge on any atom is -0.291 e. The van der Waals surface area contributed by atoms with Gasteiger partial charge in [-0.15, -0.1) is 0 Å². The SMILES string of the molecule is Cc1ccc(C(=O)[C@]23Cc4cnn(-c5ccc(F)cc5)c4C=C2CC[C@H](S(=O)(=O)c2ccccn2)C3)nc1. The summed E-state index contributed by atoms with van der Waals surface area (Å²) >= 11 is 0. The van der Waals surface area contributed by atoms with Gasteiger partial charge >= 0.3 is 0 Å². The van der Waals surface area contributed by atoms with E-state index in [1.807, 2.05) is 19.1 Å². The number of halogens is 1. The molecular formula is C29H25FN4O3S. The number of hydrogen-bond donors (Lipinski definition) is 0. The van der Waals surface area contributed by atoms with Gasteiger partial charge in [0.2, 0.25) is 0 Å². The first-order valence-corrected chi connectivity index (χ1v) is 14.0. The lowest BCUT2D eigenvalue weighted by Gasteiger charge is -2.43. The highest BCUT2D eigenvalue weighted by molar-refractivity contribution is 7.92. The van der Waals surface area contributed by atoms with Crippen molar-refractivity contribution in [1.82, 2.24) is 19.7 Å². The molecule has 6 rings (SSSR count). The Balaban J connectivity index is 1.46. The second kappa shape index (κ2) is 9.09. The van der Waals surface area contributed by atoms with Gasteiger partial charge in [-0.2, -0.15) is 5.10 Å². The van der Waals surface area contributed by atoms with Crippen LogP contribution in [0, 0.1) is 18.2 Å². The van der Waals surface area contributed by atoms with Crippen LogP contribution in [0.25, 0.3) is 11.8 Å². The number of pyridine rings is 2. The molecular weight excluding hydrogens is 503 g/mol. The van der Waals surface area contributed by atoms with Gasteiger partial charge in [-0.3, -0.25) is 9.78 Å². The smallest absolute Gasteiger partial charge is 0.198 e. The molecule has 1 fully saturated rings. The quantitative estimate of drug-likeness (QED) is 0.341. The molecule has 2 atom stereocenters. The molecule has 0 radical (unpaired) electrons. The highest BCUT2D eigenvalue weighted by atomic mass is 32.2. The maximum absolute atomic E-state index is 14.2. The maximum atomic E-state index is 14.2. The summed E-state index contributed by atoms with van der Waals surface area (Å²) in [6.07, 6.45) is 8.04. The fourth-order valence-electron chi connectivity index (χ4n) is 5.65. The van der Waals surface area contributed by atoms with Gasteiger partial charge in [0.25, 0.3) is 0 Å². The minimum absolute atomic E-state index is 0.0223. The Bertz CT molecular complexity index is 1660.